The predicted octanol–water partition coefficient (Wildman–Crippen LogP) is 4.44. The van der Waals surface area contributed by atoms with Gasteiger partial charge in [0.2, 0.25) is 0 Å². The van der Waals surface area contributed by atoms with Crippen LogP contribution in [0, 0.1) is 0 Å². The SMILES string of the molecule is CCC=CCC(O)CCC(O)CCCCCCCCCC(=O)O. The van der Waals surface area contributed by atoms with Gasteiger partial charge in [-0.2, -0.15) is 0 Å². The van der Waals surface area contributed by atoms with Crippen molar-refractivity contribution in [2.45, 2.75) is 103 Å². The average Bonchev–Trinajstić information content (AvgIpc) is 2.51. The van der Waals surface area contributed by atoms with Crippen molar-refractivity contribution in [1.82, 2.24) is 0 Å². The van der Waals surface area contributed by atoms with Gasteiger partial charge >= 0.3 is 5.97 Å². The maximum absolute atomic E-state index is 10.4. The second kappa shape index (κ2) is 16.0. The van der Waals surface area contributed by atoms with E-state index in [1.54, 1.807) is 0 Å². The van der Waals surface area contributed by atoms with Crippen LogP contribution in [0.1, 0.15) is 90.4 Å². The second-order valence-corrected chi connectivity index (χ2v) is 6.41. The van der Waals surface area contributed by atoms with Crippen LogP contribution in [0.4, 0.5) is 0 Å². The quantitative estimate of drug-likeness (QED) is 0.289. The number of rotatable bonds is 16. The molecule has 0 fully saturated rings. The van der Waals surface area contributed by atoms with Crippen LogP contribution in [0.2, 0.25) is 0 Å². The fourth-order valence-electron chi connectivity index (χ4n) is 2.61. The van der Waals surface area contributed by atoms with Crippen LogP contribution in [0.25, 0.3) is 0 Å². The molecule has 0 radical (unpaired) electrons. The number of carboxylic acid groups (broad SMARTS) is 1. The van der Waals surface area contributed by atoms with Crippen molar-refractivity contribution in [2.24, 2.45) is 0 Å². The summed E-state index contributed by atoms with van der Waals surface area (Å²) >= 11 is 0. The molecule has 136 valence electrons. The number of unbranched alkanes of at least 4 members (excludes halogenated alkanes) is 6. The summed E-state index contributed by atoms with van der Waals surface area (Å²) in [6.45, 7) is 2.07. The molecule has 0 aromatic carbocycles. The van der Waals surface area contributed by atoms with Crippen LogP contribution >= 0.6 is 0 Å². The fraction of sp³-hybridized carbons (Fsp3) is 0.842. The molecule has 4 heteroatoms. The fourth-order valence-corrected chi connectivity index (χ4v) is 2.61. The molecule has 0 aliphatic carbocycles. The third kappa shape index (κ3) is 17.3. The maximum atomic E-state index is 10.4. The number of aliphatic hydroxyl groups is 2. The van der Waals surface area contributed by atoms with Crippen LogP contribution in [-0.2, 0) is 4.79 Å². The van der Waals surface area contributed by atoms with E-state index in [4.69, 9.17) is 5.11 Å². The number of carbonyl (C=O) groups is 1. The summed E-state index contributed by atoms with van der Waals surface area (Å²) in [6.07, 6.45) is 14.9. The first-order chi connectivity index (χ1) is 11.1. The molecule has 0 amide bonds. The lowest BCUT2D eigenvalue weighted by Crippen LogP contribution is -2.12. The Labute approximate surface area is 141 Å². The third-order valence-electron chi connectivity index (χ3n) is 4.07. The van der Waals surface area contributed by atoms with Gasteiger partial charge in [-0.1, -0.05) is 57.6 Å². The highest BCUT2D eigenvalue weighted by molar-refractivity contribution is 5.66. The number of hydrogen-bond acceptors (Lipinski definition) is 3. The molecule has 0 bridgehead atoms. The van der Waals surface area contributed by atoms with E-state index in [9.17, 15) is 15.0 Å². The number of hydrogen-bond donors (Lipinski definition) is 3. The summed E-state index contributed by atoms with van der Waals surface area (Å²) in [5.74, 6) is -0.703. The van der Waals surface area contributed by atoms with Crippen molar-refractivity contribution in [3.63, 3.8) is 0 Å². The molecular weight excluding hydrogens is 292 g/mol. The number of carboxylic acids is 1. The Hall–Kier alpha value is -0.870. The minimum atomic E-state index is -0.703. The summed E-state index contributed by atoms with van der Waals surface area (Å²) < 4.78 is 0. The van der Waals surface area contributed by atoms with Crippen molar-refractivity contribution in [3.05, 3.63) is 12.2 Å². The zero-order chi connectivity index (χ0) is 17.3. The first-order valence-corrected chi connectivity index (χ1v) is 9.29. The minimum Gasteiger partial charge on any atom is -0.481 e. The molecule has 0 rings (SSSR count). The molecule has 0 aliphatic rings. The van der Waals surface area contributed by atoms with E-state index in [0.717, 1.165) is 57.8 Å². The van der Waals surface area contributed by atoms with Crippen LogP contribution in [-0.4, -0.2) is 33.5 Å². The van der Waals surface area contributed by atoms with Crippen molar-refractivity contribution in [3.8, 4) is 0 Å². The van der Waals surface area contributed by atoms with E-state index in [0.29, 0.717) is 19.3 Å². The van der Waals surface area contributed by atoms with Gasteiger partial charge in [0.25, 0.3) is 0 Å². The van der Waals surface area contributed by atoms with E-state index in [1.807, 2.05) is 6.08 Å². The van der Waals surface area contributed by atoms with Crippen LogP contribution < -0.4 is 0 Å². The first kappa shape index (κ1) is 22.1. The van der Waals surface area contributed by atoms with Crippen molar-refractivity contribution in [1.29, 1.82) is 0 Å². The molecule has 23 heavy (non-hydrogen) atoms. The van der Waals surface area contributed by atoms with Gasteiger partial charge in [-0.05, 0) is 38.5 Å². The molecule has 0 saturated heterocycles. The van der Waals surface area contributed by atoms with Gasteiger partial charge < -0.3 is 15.3 Å². The standard InChI is InChI=1S/C19H36O4/c1-2-3-9-12-17(20)15-16-18(21)13-10-7-5-4-6-8-11-14-19(22)23/h3,9,17-18,20-21H,2,4-8,10-16H2,1H3,(H,22,23). The summed E-state index contributed by atoms with van der Waals surface area (Å²) in [7, 11) is 0. The van der Waals surface area contributed by atoms with E-state index in [2.05, 4.69) is 13.0 Å². The topological polar surface area (TPSA) is 77.8 Å². The van der Waals surface area contributed by atoms with Gasteiger partial charge in [-0.25, -0.2) is 0 Å². The lowest BCUT2D eigenvalue weighted by Gasteiger charge is -2.13. The van der Waals surface area contributed by atoms with E-state index < -0.39 is 5.97 Å². The Morgan fingerprint density at radius 1 is 0.826 bits per heavy atom. The van der Waals surface area contributed by atoms with Gasteiger partial charge in [0.05, 0.1) is 12.2 Å². The highest BCUT2D eigenvalue weighted by Gasteiger charge is 2.08. The van der Waals surface area contributed by atoms with Crippen LogP contribution in [0.3, 0.4) is 0 Å². The molecule has 0 aromatic heterocycles. The second-order valence-electron chi connectivity index (χ2n) is 6.41. The highest BCUT2D eigenvalue weighted by atomic mass is 16.4. The highest BCUT2D eigenvalue weighted by Crippen LogP contribution is 2.14. The molecular formula is C19H36O4. The van der Waals surface area contributed by atoms with Crippen molar-refractivity contribution in [2.75, 3.05) is 0 Å². The van der Waals surface area contributed by atoms with Gasteiger partial charge in [-0.3, -0.25) is 4.79 Å². The van der Waals surface area contributed by atoms with E-state index in [1.165, 1.54) is 0 Å². The number of allylic oxidation sites excluding steroid dienone is 1. The summed E-state index contributed by atoms with van der Waals surface area (Å²) in [5.41, 5.74) is 0. The number of aliphatic carboxylic acids is 1. The zero-order valence-electron chi connectivity index (χ0n) is 14.8. The molecule has 0 saturated carbocycles. The maximum Gasteiger partial charge on any atom is 0.303 e. The normalized spacial score (nSPS) is 14.2. The first-order valence-electron chi connectivity index (χ1n) is 9.29. The smallest absolute Gasteiger partial charge is 0.303 e. The van der Waals surface area contributed by atoms with Gasteiger partial charge in [-0.15, -0.1) is 0 Å². The lowest BCUT2D eigenvalue weighted by atomic mass is 10.0. The monoisotopic (exact) mass is 328 g/mol. The lowest BCUT2D eigenvalue weighted by molar-refractivity contribution is -0.137. The average molecular weight is 328 g/mol. The zero-order valence-corrected chi connectivity index (χ0v) is 14.8. The Morgan fingerprint density at radius 2 is 1.39 bits per heavy atom. The summed E-state index contributed by atoms with van der Waals surface area (Å²) in [4.78, 5) is 10.4. The molecule has 0 aromatic rings. The Kier molecular flexibility index (Phi) is 15.4. The third-order valence-corrected chi connectivity index (χ3v) is 4.07. The van der Waals surface area contributed by atoms with Gasteiger partial charge in [0.15, 0.2) is 0 Å². The van der Waals surface area contributed by atoms with E-state index >= 15 is 0 Å². The van der Waals surface area contributed by atoms with Crippen molar-refractivity contribution < 1.29 is 20.1 Å². The Morgan fingerprint density at radius 3 is 2.00 bits per heavy atom. The molecule has 4 nitrogen and oxygen atoms in total. The minimum absolute atomic E-state index is 0.284. The molecule has 2 unspecified atom stereocenters. The summed E-state index contributed by atoms with van der Waals surface area (Å²) in [6, 6.07) is 0. The van der Waals surface area contributed by atoms with Crippen LogP contribution in [0.15, 0.2) is 12.2 Å². The molecule has 0 aliphatic heterocycles. The number of aliphatic hydroxyl groups excluding tert-OH is 2. The Bertz CT molecular complexity index is 302. The van der Waals surface area contributed by atoms with Crippen molar-refractivity contribution >= 4 is 5.97 Å². The van der Waals surface area contributed by atoms with Crippen LogP contribution in [0.5, 0.6) is 0 Å². The molecule has 0 heterocycles. The molecule has 3 N–H and O–H groups in total. The van der Waals surface area contributed by atoms with E-state index in [-0.39, 0.29) is 18.6 Å². The molecule has 2 atom stereocenters. The summed E-state index contributed by atoms with van der Waals surface area (Å²) in [5, 5.41) is 28.2. The predicted molar refractivity (Wildman–Crippen MR) is 94.5 cm³/mol. The van der Waals surface area contributed by atoms with Gasteiger partial charge in [0, 0.05) is 6.42 Å². The van der Waals surface area contributed by atoms with Gasteiger partial charge in [0.1, 0.15) is 0 Å². The molecule has 0 spiro atoms. The Balaban J connectivity index is 3.34. The largest absolute Gasteiger partial charge is 0.481 e.